The van der Waals surface area contributed by atoms with Gasteiger partial charge in [0.25, 0.3) is 5.91 Å². The SMILES string of the molecule is C[C@H](OC(=O)c1ccc(N(C)C)cc1)C(=O)NCCC1=CCCCC1. The maximum Gasteiger partial charge on any atom is 0.338 e. The average molecular weight is 344 g/mol. The minimum Gasteiger partial charge on any atom is -0.449 e. The van der Waals surface area contributed by atoms with E-state index in [0.717, 1.165) is 24.9 Å². The molecule has 0 bridgehead atoms. The number of allylic oxidation sites excluding steroid dienone is 1. The van der Waals surface area contributed by atoms with Gasteiger partial charge in [-0.25, -0.2) is 4.79 Å². The van der Waals surface area contributed by atoms with Crippen molar-refractivity contribution in [2.24, 2.45) is 0 Å². The van der Waals surface area contributed by atoms with E-state index < -0.39 is 12.1 Å². The number of nitrogens with one attached hydrogen (secondary N) is 1. The molecule has 136 valence electrons. The average Bonchev–Trinajstić information content (AvgIpc) is 2.62. The van der Waals surface area contributed by atoms with Crippen LogP contribution >= 0.6 is 0 Å². The maximum atomic E-state index is 12.1. The second-order valence-electron chi connectivity index (χ2n) is 6.64. The first kappa shape index (κ1) is 19.0. The van der Waals surface area contributed by atoms with E-state index in [1.54, 1.807) is 19.1 Å². The zero-order chi connectivity index (χ0) is 18.2. The van der Waals surface area contributed by atoms with Gasteiger partial charge < -0.3 is 15.0 Å². The normalized spacial score (nSPS) is 15.1. The van der Waals surface area contributed by atoms with Crippen LogP contribution in [-0.4, -0.2) is 38.6 Å². The van der Waals surface area contributed by atoms with Crippen molar-refractivity contribution in [1.82, 2.24) is 5.32 Å². The molecule has 1 aromatic rings. The Balaban J connectivity index is 1.77. The summed E-state index contributed by atoms with van der Waals surface area (Å²) in [4.78, 5) is 26.2. The lowest BCUT2D eigenvalue weighted by Gasteiger charge is -2.16. The van der Waals surface area contributed by atoms with E-state index in [1.165, 1.54) is 18.4 Å². The molecule has 0 radical (unpaired) electrons. The number of esters is 1. The van der Waals surface area contributed by atoms with Crippen molar-refractivity contribution in [2.75, 3.05) is 25.5 Å². The summed E-state index contributed by atoms with van der Waals surface area (Å²) >= 11 is 0. The Bertz CT molecular complexity index is 620. The summed E-state index contributed by atoms with van der Waals surface area (Å²) in [6.07, 6.45) is 7.11. The molecule has 0 saturated carbocycles. The zero-order valence-electron chi connectivity index (χ0n) is 15.4. The molecule has 1 aliphatic carbocycles. The number of benzene rings is 1. The fourth-order valence-electron chi connectivity index (χ4n) is 2.80. The minimum absolute atomic E-state index is 0.255. The van der Waals surface area contributed by atoms with E-state index in [0.29, 0.717) is 12.1 Å². The molecule has 1 N–H and O–H groups in total. The van der Waals surface area contributed by atoms with E-state index >= 15 is 0 Å². The highest BCUT2D eigenvalue weighted by molar-refractivity contribution is 5.92. The number of anilines is 1. The number of nitrogens with zero attached hydrogens (tertiary/aromatic N) is 1. The standard InChI is InChI=1S/C20H28N2O3/c1-15(19(23)21-14-13-16-7-5-4-6-8-16)25-20(24)17-9-11-18(12-10-17)22(2)3/h7,9-12,15H,4-6,8,13-14H2,1-3H3,(H,21,23)/t15-/m0/s1. The topological polar surface area (TPSA) is 58.6 Å². The van der Waals surface area contributed by atoms with E-state index in [4.69, 9.17) is 4.74 Å². The molecule has 0 aromatic heterocycles. The summed E-state index contributed by atoms with van der Waals surface area (Å²) < 4.78 is 5.26. The van der Waals surface area contributed by atoms with E-state index in [-0.39, 0.29) is 5.91 Å². The summed E-state index contributed by atoms with van der Waals surface area (Å²) in [5.41, 5.74) is 2.86. The predicted molar refractivity (Wildman–Crippen MR) is 99.8 cm³/mol. The minimum atomic E-state index is -0.804. The van der Waals surface area contributed by atoms with E-state index in [2.05, 4.69) is 11.4 Å². The van der Waals surface area contributed by atoms with Crippen LogP contribution in [0.5, 0.6) is 0 Å². The molecule has 5 nitrogen and oxygen atoms in total. The lowest BCUT2D eigenvalue weighted by molar-refractivity contribution is -0.129. The molecule has 1 aliphatic rings. The van der Waals surface area contributed by atoms with Gasteiger partial charge in [0.2, 0.25) is 0 Å². The first-order valence-electron chi connectivity index (χ1n) is 8.91. The second-order valence-corrected chi connectivity index (χ2v) is 6.64. The van der Waals surface area contributed by atoms with Crippen molar-refractivity contribution in [3.05, 3.63) is 41.5 Å². The Morgan fingerprint density at radius 1 is 1.20 bits per heavy atom. The third kappa shape index (κ3) is 5.93. The molecule has 1 atom stereocenters. The quantitative estimate of drug-likeness (QED) is 0.609. The number of hydrogen-bond donors (Lipinski definition) is 1. The number of amides is 1. The highest BCUT2D eigenvalue weighted by atomic mass is 16.5. The molecule has 0 spiro atoms. The van der Waals surface area contributed by atoms with Gasteiger partial charge in [-0.2, -0.15) is 0 Å². The van der Waals surface area contributed by atoms with Crippen LogP contribution in [0.4, 0.5) is 5.69 Å². The van der Waals surface area contributed by atoms with Gasteiger partial charge >= 0.3 is 5.97 Å². The molecule has 1 amide bonds. The molecule has 0 fully saturated rings. The molecule has 0 heterocycles. The Kier molecular flexibility index (Phi) is 7.04. The fourth-order valence-corrected chi connectivity index (χ4v) is 2.80. The predicted octanol–water partition coefficient (Wildman–Crippen LogP) is 3.30. The molecule has 0 saturated heterocycles. The first-order valence-corrected chi connectivity index (χ1v) is 8.91. The number of carbonyl (C=O) groups excluding carboxylic acids is 2. The van der Waals surface area contributed by atoms with Crippen molar-refractivity contribution in [2.45, 2.75) is 45.1 Å². The van der Waals surface area contributed by atoms with Gasteiger partial charge in [0.1, 0.15) is 0 Å². The zero-order valence-corrected chi connectivity index (χ0v) is 15.4. The van der Waals surface area contributed by atoms with Crippen LogP contribution in [0.3, 0.4) is 0 Å². The molecule has 2 rings (SSSR count). The van der Waals surface area contributed by atoms with Gasteiger partial charge in [-0.15, -0.1) is 0 Å². The van der Waals surface area contributed by atoms with Crippen LogP contribution in [0.15, 0.2) is 35.9 Å². The highest BCUT2D eigenvalue weighted by Crippen LogP contribution is 2.19. The lowest BCUT2D eigenvalue weighted by Crippen LogP contribution is -2.36. The summed E-state index contributed by atoms with van der Waals surface area (Å²) in [7, 11) is 3.87. The van der Waals surface area contributed by atoms with Crippen molar-refractivity contribution in [3.8, 4) is 0 Å². The van der Waals surface area contributed by atoms with E-state index in [1.807, 2.05) is 31.1 Å². The van der Waals surface area contributed by atoms with Gasteiger partial charge in [-0.1, -0.05) is 11.6 Å². The molecular weight excluding hydrogens is 316 g/mol. The van der Waals surface area contributed by atoms with Crippen LogP contribution in [0.1, 0.15) is 49.4 Å². The molecule has 25 heavy (non-hydrogen) atoms. The van der Waals surface area contributed by atoms with Crippen molar-refractivity contribution in [1.29, 1.82) is 0 Å². The largest absolute Gasteiger partial charge is 0.449 e. The Hall–Kier alpha value is -2.30. The number of rotatable bonds is 7. The van der Waals surface area contributed by atoms with Crippen molar-refractivity contribution >= 4 is 17.6 Å². The van der Waals surface area contributed by atoms with Gasteiger partial charge in [0, 0.05) is 26.3 Å². The van der Waals surface area contributed by atoms with Crippen LogP contribution in [0.25, 0.3) is 0 Å². The lowest BCUT2D eigenvalue weighted by atomic mass is 9.97. The molecule has 1 aromatic carbocycles. The third-order valence-electron chi connectivity index (χ3n) is 4.40. The van der Waals surface area contributed by atoms with Crippen molar-refractivity contribution in [3.63, 3.8) is 0 Å². The Morgan fingerprint density at radius 2 is 1.92 bits per heavy atom. The smallest absolute Gasteiger partial charge is 0.338 e. The van der Waals surface area contributed by atoms with Crippen LogP contribution < -0.4 is 10.2 Å². The van der Waals surface area contributed by atoms with Gasteiger partial charge in [-0.05, 0) is 63.3 Å². The number of ether oxygens (including phenoxy) is 1. The fraction of sp³-hybridized carbons (Fsp3) is 0.500. The maximum absolute atomic E-state index is 12.1. The van der Waals surface area contributed by atoms with Gasteiger partial charge in [0.15, 0.2) is 6.10 Å². The Labute approximate surface area is 150 Å². The van der Waals surface area contributed by atoms with E-state index in [9.17, 15) is 9.59 Å². The van der Waals surface area contributed by atoms with Crippen molar-refractivity contribution < 1.29 is 14.3 Å². The first-order chi connectivity index (χ1) is 12.0. The van der Waals surface area contributed by atoms with Gasteiger partial charge in [0.05, 0.1) is 5.56 Å². The van der Waals surface area contributed by atoms with Gasteiger partial charge in [-0.3, -0.25) is 4.79 Å². The van der Waals surface area contributed by atoms with Crippen LogP contribution in [0.2, 0.25) is 0 Å². The van der Waals surface area contributed by atoms with Crippen LogP contribution in [-0.2, 0) is 9.53 Å². The molecule has 0 aliphatic heterocycles. The molecule has 0 unspecified atom stereocenters. The highest BCUT2D eigenvalue weighted by Gasteiger charge is 2.18. The monoisotopic (exact) mass is 344 g/mol. The summed E-state index contributed by atoms with van der Waals surface area (Å²) in [6, 6.07) is 7.11. The van der Waals surface area contributed by atoms with Crippen LogP contribution in [0, 0.1) is 0 Å². The summed E-state index contributed by atoms with van der Waals surface area (Å²) in [5, 5.41) is 2.85. The second kappa shape index (κ2) is 9.25. The summed E-state index contributed by atoms with van der Waals surface area (Å²) in [5.74, 6) is -0.738. The Morgan fingerprint density at radius 3 is 2.52 bits per heavy atom. The molecular formula is C20H28N2O3. The number of carbonyl (C=O) groups is 2. The number of hydrogen-bond acceptors (Lipinski definition) is 4. The summed E-state index contributed by atoms with van der Waals surface area (Å²) in [6.45, 7) is 2.19. The molecule has 5 heteroatoms. The third-order valence-corrected chi connectivity index (χ3v) is 4.40.